The van der Waals surface area contributed by atoms with E-state index < -0.39 is 29.2 Å². The molecule has 2 aromatic rings. The van der Waals surface area contributed by atoms with Crippen LogP contribution in [-0.2, 0) is 14.3 Å². The Labute approximate surface area is 154 Å². The summed E-state index contributed by atoms with van der Waals surface area (Å²) in [5.41, 5.74) is 0.269. The van der Waals surface area contributed by atoms with Gasteiger partial charge in [-0.15, -0.1) is 0 Å². The summed E-state index contributed by atoms with van der Waals surface area (Å²) >= 11 is 0. The van der Waals surface area contributed by atoms with Crippen molar-refractivity contribution in [2.45, 2.75) is 13.3 Å². The molecule has 2 rings (SSSR count). The zero-order valence-corrected chi connectivity index (χ0v) is 14.4. The van der Waals surface area contributed by atoms with Crippen LogP contribution in [0.25, 0.3) is 0 Å². The van der Waals surface area contributed by atoms with Gasteiger partial charge >= 0.3 is 5.97 Å². The van der Waals surface area contributed by atoms with Gasteiger partial charge in [0.25, 0.3) is 11.6 Å². The van der Waals surface area contributed by atoms with Crippen molar-refractivity contribution in [3.63, 3.8) is 0 Å². The van der Waals surface area contributed by atoms with E-state index in [1.165, 1.54) is 0 Å². The molecule has 0 spiro atoms. The lowest BCUT2D eigenvalue weighted by Gasteiger charge is -2.08. The molecule has 0 saturated carbocycles. The average molecular weight is 376 g/mol. The van der Waals surface area contributed by atoms with E-state index in [0.29, 0.717) is 5.75 Å². The number of aryl methyl sites for hydroxylation is 1. The highest BCUT2D eigenvalue weighted by Gasteiger charge is 2.14. The monoisotopic (exact) mass is 376 g/mol. The molecule has 2 aromatic carbocycles. The second-order valence-electron chi connectivity index (χ2n) is 5.55. The number of amides is 1. The zero-order valence-electron chi connectivity index (χ0n) is 14.4. The number of nitro groups is 1. The number of esters is 1. The van der Waals surface area contributed by atoms with Crippen LogP contribution < -0.4 is 10.1 Å². The Bertz CT molecular complexity index is 855. The molecule has 0 heterocycles. The Morgan fingerprint density at radius 3 is 2.70 bits per heavy atom. The molecular weight excluding hydrogens is 359 g/mol. The number of benzene rings is 2. The fourth-order valence-electron chi connectivity index (χ4n) is 2.08. The van der Waals surface area contributed by atoms with E-state index in [0.717, 1.165) is 23.8 Å². The number of non-ortho nitro benzene ring substituents is 1. The summed E-state index contributed by atoms with van der Waals surface area (Å²) in [6, 6.07) is 10.0. The van der Waals surface area contributed by atoms with Crippen molar-refractivity contribution in [2.75, 3.05) is 18.5 Å². The summed E-state index contributed by atoms with van der Waals surface area (Å²) in [5.74, 6) is -1.71. The molecule has 0 aliphatic heterocycles. The minimum absolute atomic E-state index is 0.0728. The number of rotatable bonds is 8. The molecule has 0 aromatic heterocycles. The van der Waals surface area contributed by atoms with E-state index in [2.05, 4.69) is 5.32 Å². The number of anilines is 1. The van der Waals surface area contributed by atoms with Gasteiger partial charge in [-0.3, -0.25) is 19.7 Å². The molecule has 0 aliphatic carbocycles. The van der Waals surface area contributed by atoms with Gasteiger partial charge in [0.2, 0.25) is 0 Å². The molecule has 0 aliphatic rings. The molecule has 142 valence electrons. The molecule has 27 heavy (non-hydrogen) atoms. The lowest BCUT2D eigenvalue weighted by Crippen LogP contribution is -2.22. The Morgan fingerprint density at radius 1 is 1.22 bits per heavy atom. The molecule has 1 N–H and O–H groups in total. The fraction of sp³-hybridized carbons (Fsp3) is 0.222. The molecular formula is C18H17FN2O6. The van der Waals surface area contributed by atoms with Crippen LogP contribution in [-0.4, -0.2) is 30.0 Å². The summed E-state index contributed by atoms with van der Waals surface area (Å²) in [6.45, 7) is 1.33. The topological polar surface area (TPSA) is 108 Å². The molecule has 0 saturated heterocycles. The van der Waals surface area contributed by atoms with Gasteiger partial charge in [0.15, 0.2) is 6.61 Å². The number of carbonyl (C=O) groups is 2. The van der Waals surface area contributed by atoms with Gasteiger partial charge < -0.3 is 14.8 Å². The highest BCUT2D eigenvalue weighted by molar-refractivity contribution is 5.93. The van der Waals surface area contributed by atoms with Crippen molar-refractivity contribution in [1.82, 2.24) is 0 Å². The first kappa shape index (κ1) is 19.8. The number of ether oxygens (including phenoxy) is 2. The maximum Gasteiger partial charge on any atom is 0.309 e. The Kier molecular flexibility index (Phi) is 6.81. The third kappa shape index (κ3) is 6.38. The third-order valence-corrected chi connectivity index (χ3v) is 3.36. The van der Waals surface area contributed by atoms with E-state index in [1.807, 2.05) is 25.1 Å². The van der Waals surface area contributed by atoms with Gasteiger partial charge in [-0.25, -0.2) is 4.39 Å². The van der Waals surface area contributed by atoms with Crippen molar-refractivity contribution < 1.29 is 28.4 Å². The first-order valence-electron chi connectivity index (χ1n) is 7.94. The number of nitrogens with one attached hydrogen (secondary N) is 1. The standard InChI is InChI=1S/C18H17FN2O6/c1-12-3-2-4-14(9-12)26-8-7-18(23)27-11-17(22)20-16-10-13(21(24)25)5-6-15(16)19/h2-6,9-10H,7-8,11H2,1H3,(H,20,22). The molecule has 9 heteroatoms. The van der Waals surface area contributed by atoms with Crippen molar-refractivity contribution >= 4 is 23.3 Å². The van der Waals surface area contributed by atoms with Crippen LogP contribution in [0.4, 0.5) is 15.8 Å². The first-order valence-corrected chi connectivity index (χ1v) is 7.94. The average Bonchev–Trinajstić information content (AvgIpc) is 2.62. The highest BCUT2D eigenvalue weighted by Crippen LogP contribution is 2.21. The maximum atomic E-state index is 13.6. The Balaban J connectivity index is 1.75. The summed E-state index contributed by atoms with van der Waals surface area (Å²) in [7, 11) is 0. The van der Waals surface area contributed by atoms with Gasteiger partial charge in [-0.1, -0.05) is 12.1 Å². The quantitative estimate of drug-likeness (QED) is 0.431. The number of hydrogen-bond donors (Lipinski definition) is 1. The maximum absolute atomic E-state index is 13.6. The molecule has 0 radical (unpaired) electrons. The van der Waals surface area contributed by atoms with Gasteiger partial charge in [0, 0.05) is 12.1 Å². The van der Waals surface area contributed by atoms with Crippen molar-refractivity contribution in [3.05, 3.63) is 64.0 Å². The van der Waals surface area contributed by atoms with Crippen LogP contribution in [0.2, 0.25) is 0 Å². The lowest BCUT2D eigenvalue weighted by atomic mass is 10.2. The van der Waals surface area contributed by atoms with Gasteiger partial charge in [-0.05, 0) is 30.7 Å². The summed E-state index contributed by atoms with van der Waals surface area (Å²) in [4.78, 5) is 33.3. The SMILES string of the molecule is Cc1cccc(OCCC(=O)OCC(=O)Nc2cc([N+](=O)[O-])ccc2F)c1. The van der Waals surface area contributed by atoms with Gasteiger partial charge in [-0.2, -0.15) is 0 Å². The minimum Gasteiger partial charge on any atom is -0.493 e. The van der Waals surface area contributed by atoms with E-state index in [9.17, 15) is 24.1 Å². The number of hydrogen-bond acceptors (Lipinski definition) is 6. The van der Waals surface area contributed by atoms with Crippen molar-refractivity contribution in [1.29, 1.82) is 0 Å². The minimum atomic E-state index is -0.841. The second-order valence-corrected chi connectivity index (χ2v) is 5.55. The van der Waals surface area contributed by atoms with Crippen LogP contribution in [0.5, 0.6) is 5.75 Å². The second kappa shape index (κ2) is 9.27. The van der Waals surface area contributed by atoms with Crippen molar-refractivity contribution in [2.24, 2.45) is 0 Å². The van der Waals surface area contributed by atoms with E-state index in [4.69, 9.17) is 9.47 Å². The number of halogens is 1. The molecule has 0 atom stereocenters. The number of carbonyl (C=O) groups excluding carboxylic acids is 2. The third-order valence-electron chi connectivity index (χ3n) is 3.36. The van der Waals surface area contributed by atoms with Crippen LogP contribution in [0, 0.1) is 22.9 Å². The molecule has 0 fully saturated rings. The highest BCUT2D eigenvalue weighted by atomic mass is 19.1. The van der Waals surface area contributed by atoms with Crippen LogP contribution >= 0.6 is 0 Å². The van der Waals surface area contributed by atoms with E-state index in [-0.39, 0.29) is 24.4 Å². The van der Waals surface area contributed by atoms with Gasteiger partial charge in [0.05, 0.1) is 23.6 Å². The van der Waals surface area contributed by atoms with Crippen LogP contribution in [0.3, 0.4) is 0 Å². The predicted octanol–water partition coefficient (Wildman–Crippen LogP) is 2.99. The predicted molar refractivity (Wildman–Crippen MR) is 93.9 cm³/mol. The van der Waals surface area contributed by atoms with Crippen molar-refractivity contribution in [3.8, 4) is 5.75 Å². The molecule has 0 bridgehead atoms. The van der Waals surface area contributed by atoms with Crippen LogP contribution in [0.1, 0.15) is 12.0 Å². The first-order chi connectivity index (χ1) is 12.8. The largest absolute Gasteiger partial charge is 0.493 e. The smallest absolute Gasteiger partial charge is 0.309 e. The summed E-state index contributed by atoms with van der Waals surface area (Å²) in [5, 5.41) is 12.8. The summed E-state index contributed by atoms with van der Waals surface area (Å²) in [6.07, 6.45) is -0.0770. The van der Waals surface area contributed by atoms with E-state index >= 15 is 0 Å². The number of nitrogens with zero attached hydrogens (tertiary/aromatic N) is 1. The lowest BCUT2D eigenvalue weighted by molar-refractivity contribution is -0.384. The fourth-order valence-corrected chi connectivity index (χ4v) is 2.08. The van der Waals surface area contributed by atoms with Crippen LogP contribution in [0.15, 0.2) is 42.5 Å². The molecule has 8 nitrogen and oxygen atoms in total. The number of nitro benzene ring substituents is 1. The Morgan fingerprint density at radius 2 is 2.00 bits per heavy atom. The Hall–Kier alpha value is -3.49. The normalized spacial score (nSPS) is 10.1. The zero-order chi connectivity index (χ0) is 19.8. The molecule has 1 amide bonds. The summed E-state index contributed by atoms with van der Waals surface area (Å²) < 4.78 is 23.8. The van der Waals surface area contributed by atoms with E-state index in [1.54, 1.807) is 6.07 Å². The van der Waals surface area contributed by atoms with Gasteiger partial charge in [0.1, 0.15) is 11.6 Å². The molecule has 0 unspecified atom stereocenters.